The van der Waals surface area contributed by atoms with E-state index in [1.165, 1.54) is 0 Å². The molecule has 0 saturated heterocycles. The molecule has 0 aromatic carbocycles. The zero-order valence-corrected chi connectivity index (χ0v) is 8.16. The summed E-state index contributed by atoms with van der Waals surface area (Å²) in [5.41, 5.74) is 1.06. The maximum Gasteiger partial charge on any atom is 0.0613 e. The number of aromatic nitrogens is 1. The summed E-state index contributed by atoms with van der Waals surface area (Å²) in [7, 11) is 1.71. The summed E-state index contributed by atoms with van der Waals surface area (Å²) in [5.74, 6) is 0. The van der Waals surface area contributed by atoms with E-state index < -0.39 is 0 Å². The Labute approximate surface area is 79.1 Å². The molecule has 0 saturated carbocycles. The van der Waals surface area contributed by atoms with Crippen molar-refractivity contribution in [2.45, 2.75) is 19.5 Å². The van der Waals surface area contributed by atoms with Crippen LogP contribution < -0.4 is 5.32 Å². The first kappa shape index (κ1) is 10.2. The van der Waals surface area contributed by atoms with Crippen molar-refractivity contribution in [1.82, 2.24) is 10.3 Å². The molecule has 0 aliphatic rings. The third-order valence-electron chi connectivity index (χ3n) is 1.77. The molecular formula is C10H16N2O. The van der Waals surface area contributed by atoms with Crippen LogP contribution >= 0.6 is 0 Å². The van der Waals surface area contributed by atoms with Crippen LogP contribution in [0.15, 0.2) is 24.4 Å². The van der Waals surface area contributed by atoms with Crippen molar-refractivity contribution in [2.75, 3.05) is 13.7 Å². The Morgan fingerprint density at radius 1 is 1.54 bits per heavy atom. The highest BCUT2D eigenvalue weighted by Gasteiger charge is 1.99. The summed E-state index contributed by atoms with van der Waals surface area (Å²) < 4.78 is 5.01. The van der Waals surface area contributed by atoms with Crippen molar-refractivity contribution in [1.29, 1.82) is 0 Å². The minimum atomic E-state index is 0.368. The van der Waals surface area contributed by atoms with Crippen LogP contribution in [-0.2, 0) is 11.3 Å². The predicted molar refractivity (Wildman–Crippen MR) is 52.4 cm³/mol. The molecule has 1 aromatic rings. The van der Waals surface area contributed by atoms with Gasteiger partial charge < -0.3 is 10.1 Å². The minimum absolute atomic E-state index is 0.368. The topological polar surface area (TPSA) is 34.1 Å². The van der Waals surface area contributed by atoms with Crippen molar-refractivity contribution in [3.05, 3.63) is 30.1 Å². The van der Waals surface area contributed by atoms with Gasteiger partial charge in [0.1, 0.15) is 0 Å². The Kier molecular flexibility index (Phi) is 4.43. The average molecular weight is 180 g/mol. The molecule has 13 heavy (non-hydrogen) atoms. The number of hydrogen-bond donors (Lipinski definition) is 1. The summed E-state index contributed by atoms with van der Waals surface area (Å²) >= 11 is 0. The lowest BCUT2D eigenvalue weighted by molar-refractivity contribution is 0.171. The van der Waals surface area contributed by atoms with Gasteiger partial charge in [-0.25, -0.2) is 0 Å². The fraction of sp³-hybridized carbons (Fsp3) is 0.500. The number of pyridine rings is 1. The van der Waals surface area contributed by atoms with Gasteiger partial charge in [0, 0.05) is 25.9 Å². The number of nitrogens with zero attached hydrogens (tertiary/aromatic N) is 1. The smallest absolute Gasteiger partial charge is 0.0613 e. The summed E-state index contributed by atoms with van der Waals surface area (Å²) in [6.45, 7) is 3.62. The van der Waals surface area contributed by atoms with Crippen LogP contribution in [0.5, 0.6) is 0 Å². The summed E-state index contributed by atoms with van der Waals surface area (Å²) in [6, 6.07) is 6.28. The molecule has 1 aromatic heterocycles. The lowest BCUT2D eigenvalue weighted by atomic mass is 10.3. The van der Waals surface area contributed by atoms with Gasteiger partial charge in [0.15, 0.2) is 0 Å². The first-order chi connectivity index (χ1) is 6.33. The lowest BCUT2D eigenvalue weighted by Crippen LogP contribution is -2.29. The van der Waals surface area contributed by atoms with E-state index in [1.807, 2.05) is 18.2 Å². The van der Waals surface area contributed by atoms with E-state index in [4.69, 9.17) is 4.74 Å². The van der Waals surface area contributed by atoms with Crippen molar-refractivity contribution in [3.63, 3.8) is 0 Å². The monoisotopic (exact) mass is 180 g/mol. The zero-order chi connectivity index (χ0) is 9.52. The molecule has 72 valence electrons. The first-order valence-corrected chi connectivity index (χ1v) is 4.45. The highest BCUT2D eigenvalue weighted by molar-refractivity contribution is 5.02. The molecule has 0 spiro atoms. The largest absolute Gasteiger partial charge is 0.383 e. The Bertz CT molecular complexity index is 226. The summed E-state index contributed by atoms with van der Waals surface area (Å²) in [6.07, 6.45) is 1.80. The van der Waals surface area contributed by atoms with Crippen LogP contribution in [0.25, 0.3) is 0 Å². The van der Waals surface area contributed by atoms with Crippen molar-refractivity contribution in [3.8, 4) is 0 Å². The average Bonchev–Trinajstić information content (AvgIpc) is 2.17. The summed E-state index contributed by atoms with van der Waals surface area (Å²) in [4.78, 5) is 4.21. The molecule has 3 nitrogen and oxygen atoms in total. The fourth-order valence-corrected chi connectivity index (χ4v) is 1.09. The molecule has 0 aliphatic carbocycles. The molecule has 0 bridgehead atoms. The number of ether oxygens (including phenoxy) is 1. The molecule has 0 aliphatic heterocycles. The Morgan fingerprint density at radius 2 is 2.38 bits per heavy atom. The van der Waals surface area contributed by atoms with Gasteiger partial charge in [0.25, 0.3) is 0 Å². The Balaban J connectivity index is 2.27. The van der Waals surface area contributed by atoms with Gasteiger partial charge in [-0.15, -0.1) is 0 Å². The van der Waals surface area contributed by atoms with E-state index in [9.17, 15) is 0 Å². The first-order valence-electron chi connectivity index (χ1n) is 4.45. The van der Waals surface area contributed by atoms with E-state index in [1.54, 1.807) is 13.3 Å². The maximum atomic E-state index is 5.01. The van der Waals surface area contributed by atoms with Gasteiger partial charge >= 0.3 is 0 Å². The van der Waals surface area contributed by atoms with Crippen LogP contribution in [-0.4, -0.2) is 24.7 Å². The van der Waals surface area contributed by atoms with Crippen LogP contribution in [0, 0.1) is 0 Å². The zero-order valence-electron chi connectivity index (χ0n) is 8.16. The quantitative estimate of drug-likeness (QED) is 0.739. The second-order valence-corrected chi connectivity index (χ2v) is 3.06. The molecule has 3 heteroatoms. The van der Waals surface area contributed by atoms with E-state index in [-0.39, 0.29) is 0 Å². The molecule has 0 radical (unpaired) electrons. The van der Waals surface area contributed by atoms with E-state index in [0.717, 1.165) is 18.8 Å². The predicted octanol–water partition coefficient (Wildman–Crippen LogP) is 1.21. The second-order valence-electron chi connectivity index (χ2n) is 3.06. The third kappa shape index (κ3) is 4.01. The Hall–Kier alpha value is -0.930. The number of hydrogen-bond acceptors (Lipinski definition) is 3. The molecule has 1 heterocycles. The summed E-state index contributed by atoms with van der Waals surface area (Å²) in [5, 5.41) is 3.31. The van der Waals surface area contributed by atoms with Gasteiger partial charge in [-0.1, -0.05) is 6.07 Å². The van der Waals surface area contributed by atoms with E-state index in [0.29, 0.717) is 6.04 Å². The molecule has 1 atom stereocenters. The molecule has 0 amide bonds. The number of rotatable bonds is 5. The van der Waals surface area contributed by atoms with E-state index >= 15 is 0 Å². The van der Waals surface area contributed by atoms with Gasteiger partial charge in [-0.05, 0) is 19.1 Å². The Morgan fingerprint density at radius 3 is 3.00 bits per heavy atom. The molecular weight excluding hydrogens is 164 g/mol. The van der Waals surface area contributed by atoms with Gasteiger partial charge in [0.05, 0.1) is 12.3 Å². The SMILES string of the molecule is COCC(C)NCc1ccccn1. The number of methoxy groups -OCH3 is 1. The van der Waals surface area contributed by atoms with Crippen molar-refractivity contribution in [2.24, 2.45) is 0 Å². The van der Waals surface area contributed by atoms with Gasteiger partial charge in [-0.2, -0.15) is 0 Å². The highest BCUT2D eigenvalue weighted by atomic mass is 16.5. The third-order valence-corrected chi connectivity index (χ3v) is 1.77. The standard InChI is InChI=1S/C10H16N2O/c1-9(8-13-2)12-7-10-5-3-4-6-11-10/h3-6,9,12H,7-8H2,1-2H3. The van der Waals surface area contributed by atoms with Crippen LogP contribution in [0.4, 0.5) is 0 Å². The normalized spacial score (nSPS) is 12.8. The van der Waals surface area contributed by atoms with Crippen molar-refractivity contribution >= 4 is 0 Å². The molecule has 0 fully saturated rings. The van der Waals surface area contributed by atoms with Crippen molar-refractivity contribution < 1.29 is 4.74 Å². The molecule has 1 unspecified atom stereocenters. The van der Waals surface area contributed by atoms with Crippen LogP contribution in [0.1, 0.15) is 12.6 Å². The fourth-order valence-electron chi connectivity index (χ4n) is 1.09. The van der Waals surface area contributed by atoms with E-state index in [2.05, 4.69) is 17.2 Å². The second kappa shape index (κ2) is 5.67. The van der Waals surface area contributed by atoms with Gasteiger partial charge in [-0.3, -0.25) is 4.98 Å². The van der Waals surface area contributed by atoms with Crippen LogP contribution in [0.2, 0.25) is 0 Å². The molecule has 1 rings (SSSR count). The lowest BCUT2D eigenvalue weighted by Gasteiger charge is -2.11. The molecule has 1 N–H and O–H groups in total. The minimum Gasteiger partial charge on any atom is -0.383 e. The number of nitrogens with one attached hydrogen (secondary N) is 1. The highest BCUT2D eigenvalue weighted by Crippen LogP contribution is 1.93. The maximum absolute atomic E-state index is 5.01. The van der Waals surface area contributed by atoms with Gasteiger partial charge in [0.2, 0.25) is 0 Å². The van der Waals surface area contributed by atoms with Crippen LogP contribution in [0.3, 0.4) is 0 Å².